The van der Waals surface area contributed by atoms with Crippen LogP contribution in [0.1, 0.15) is 5.56 Å². The van der Waals surface area contributed by atoms with Crippen LogP contribution in [0, 0.1) is 0 Å². The van der Waals surface area contributed by atoms with Gasteiger partial charge in [0.15, 0.2) is 5.75 Å². The van der Waals surface area contributed by atoms with Gasteiger partial charge >= 0.3 is 0 Å². The van der Waals surface area contributed by atoms with Crippen molar-refractivity contribution in [1.82, 2.24) is 0 Å². The first-order valence-electron chi connectivity index (χ1n) is 6.38. The lowest BCUT2D eigenvalue weighted by molar-refractivity contribution is 0.217. The number of nitrogens with zero attached hydrogens (tertiary/aromatic N) is 1. The van der Waals surface area contributed by atoms with Gasteiger partial charge in [-0.05, 0) is 30.3 Å². The summed E-state index contributed by atoms with van der Waals surface area (Å²) in [5.41, 5.74) is 0.544. The number of oxime groups is 1. The summed E-state index contributed by atoms with van der Waals surface area (Å²) >= 11 is 23.7. The van der Waals surface area contributed by atoms with E-state index in [1.807, 2.05) is 0 Å². The van der Waals surface area contributed by atoms with Gasteiger partial charge in [-0.15, -0.1) is 0 Å². The molecule has 0 spiro atoms. The van der Waals surface area contributed by atoms with E-state index in [1.165, 1.54) is 6.21 Å². The smallest absolute Gasteiger partial charge is 0.156 e. The molecule has 0 saturated carbocycles. The van der Waals surface area contributed by atoms with Crippen LogP contribution in [-0.4, -0.2) is 24.6 Å². The molecule has 0 heterocycles. The van der Waals surface area contributed by atoms with Crippen molar-refractivity contribution in [3.05, 3.63) is 56.0 Å². The summed E-state index contributed by atoms with van der Waals surface area (Å²) in [6, 6.07) is 8.03. The molecular weight excluding hydrogens is 384 g/mol. The fourth-order valence-electron chi connectivity index (χ4n) is 1.78. The minimum atomic E-state index is 0.208. The molecule has 0 aliphatic rings. The van der Waals surface area contributed by atoms with Crippen molar-refractivity contribution in [2.45, 2.75) is 0 Å². The molecule has 2 aromatic rings. The molecule has 23 heavy (non-hydrogen) atoms. The van der Waals surface area contributed by atoms with E-state index in [2.05, 4.69) is 5.16 Å². The zero-order valence-electron chi connectivity index (χ0n) is 11.6. The zero-order chi connectivity index (χ0) is 16.8. The highest BCUT2D eigenvalue weighted by Gasteiger charge is 2.09. The van der Waals surface area contributed by atoms with Gasteiger partial charge in [0.25, 0.3) is 0 Å². The zero-order valence-corrected chi connectivity index (χ0v) is 14.6. The van der Waals surface area contributed by atoms with E-state index >= 15 is 0 Å². The van der Waals surface area contributed by atoms with Gasteiger partial charge < -0.3 is 14.7 Å². The van der Waals surface area contributed by atoms with Crippen molar-refractivity contribution in [2.24, 2.45) is 5.16 Å². The fourth-order valence-corrected chi connectivity index (χ4v) is 2.88. The van der Waals surface area contributed by atoms with Crippen molar-refractivity contribution in [1.29, 1.82) is 0 Å². The Balaban J connectivity index is 1.96. The molecule has 122 valence electrons. The molecule has 0 unspecified atom stereocenters. The highest BCUT2D eigenvalue weighted by molar-refractivity contribution is 6.40. The number of halogens is 4. The first-order valence-corrected chi connectivity index (χ1v) is 7.89. The van der Waals surface area contributed by atoms with Crippen LogP contribution in [0.3, 0.4) is 0 Å². The minimum Gasteiger partial charge on any atom is -0.489 e. The van der Waals surface area contributed by atoms with Gasteiger partial charge in [0.05, 0.1) is 16.3 Å². The maximum atomic E-state index is 8.64. The van der Waals surface area contributed by atoms with Gasteiger partial charge in [-0.25, -0.2) is 0 Å². The second-order valence-electron chi connectivity index (χ2n) is 4.32. The Bertz CT molecular complexity index is 699. The van der Waals surface area contributed by atoms with Gasteiger partial charge in [0.1, 0.15) is 19.0 Å². The first-order chi connectivity index (χ1) is 11.0. The van der Waals surface area contributed by atoms with Crippen LogP contribution < -0.4 is 9.47 Å². The lowest BCUT2D eigenvalue weighted by Gasteiger charge is -2.12. The average molecular weight is 395 g/mol. The number of hydrogen-bond acceptors (Lipinski definition) is 4. The summed E-state index contributed by atoms with van der Waals surface area (Å²) in [4.78, 5) is 0. The second-order valence-corrected chi connectivity index (χ2v) is 6.01. The topological polar surface area (TPSA) is 51.1 Å². The van der Waals surface area contributed by atoms with Crippen LogP contribution in [0.15, 0.2) is 35.5 Å². The van der Waals surface area contributed by atoms with Crippen LogP contribution in [0.25, 0.3) is 0 Å². The Labute approximate surface area is 153 Å². The van der Waals surface area contributed by atoms with Gasteiger partial charge in [-0.1, -0.05) is 51.6 Å². The first kappa shape index (κ1) is 18.0. The van der Waals surface area contributed by atoms with Gasteiger partial charge in [0.2, 0.25) is 0 Å². The maximum Gasteiger partial charge on any atom is 0.156 e. The summed E-state index contributed by atoms with van der Waals surface area (Å²) in [7, 11) is 0. The third kappa shape index (κ3) is 5.08. The molecule has 0 aromatic heterocycles. The molecule has 0 amide bonds. The second kappa shape index (κ2) is 8.50. The molecule has 0 bridgehead atoms. The summed E-state index contributed by atoms with van der Waals surface area (Å²) in [5, 5.41) is 13.2. The van der Waals surface area contributed by atoms with Crippen molar-refractivity contribution >= 4 is 52.6 Å². The van der Waals surface area contributed by atoms with E-state index in [4.69, 9.17) is 61.1 Å². The van der Waals surface area contributed by atoms with E-state index in [9.17, 15) is 0 Å². The SMILES string of the molecule is ON=Cc1cc(Cl)ccc1OCCOc1c(Cl)cc(Cl)cc1Cl. The van der Waals surface area contributed by atoms with Crippen molar-refractivity contribution in [3.63, 3.8) is 0 Å². The van der Waals surface area contributed by atoms with Crippen molar-refractivity contribution < 1.29 is 14.7 Å². The molecule has 0 atom stereocenters. The Morgan fingerprint density at radius 3 is 2.22 bits per heavy atom. The Hall–Kier alpha value is -1.33. The molecule has 0 saturated heterocycles. The Morgan fingerprint density at radius 1 is 0.913 bits per heavy atom. The molecule has 1 N–H and O–H groups in total. The van der Waals surface area contributed by atoms with Crippen molar-refractivity contribution in [3.8, 4) is 11.5 Å². The maximum absolute atomic E-state index is 8.64. The van der Waals surface area contributed by atoms with Crippen LogP contribution in [-0.2, 0) is 0 Å². The summed E-state index contributed by atoms with van der Waals surface area (Å²) in [5.74, 6) is 0.846. The summed E-state index contributed by atoms with van der Waals surface area (Å²) < 4.78 is 11.1. The van der Waals surface area contributed by atoms with Crippen molar-refractivity contribution in [2.75, 3.05) is 13.2 Å². The molecule has 0 aliphatic heterocycles. The summed E-state index contributed by atoms with van der Waals surface area (Å²) in [6.45, 7) is 0.433. The quantitative estimate of drug-likeness (QED) is 0.301. The predicted molar refractivity (Wildman–Crippen MR) is 93.3 cm³/mol. The van der Waals surface area contributed by atoms with E-state index in [-0.39, 0.29) is 13.2 Å². The molecule has 2 aromatic carbocycles. The minimum absolute atomic E-state index is 0.208. The van der Waals surface area contributed by atoms with E-state index in [1.54, 1.807) is 30.3 Å². The third-order valence-electron chi connectivity index (χ3n) is 2.72. The number of ether oxygens (including phenoxy) is 2. The lowest BCUT2D eigenvalue weighted by atomic mass is 10.2. The Morgan fingerprint density at radius 2 is 1.57 bits per heavy atom. The monoisotopic (exact) mass is 393 g/mol. The standard InChI is InChI=1S/C15H11Cl4NO3/c16-10-1-2-14(9(5-10)8-20-21)22-3-4-23-15-12(18)6-11(17)7-13(15)19/h1-2,5-8,21H,3-4H2. The fraction of sp³-hybridized carbons (Fsp3) is 0.133. The van der Waals surface area contributed by atoms with Crippen LogP contribution in [0.5, 0.6) is 11.5 Å². The van der Waals surface area contributed by atoms with Crippen LogP contribution in [0.4, 0.5) is 0 Å². The molecular formula is C15H11Cl4NO3. The number of hydrogen-bond donors (Lipinski definition) is 1. The predicted octanol–water partition coefficient (Wildman–Crippen LogP) is 5.57. The Kier molecular flexibility index (Phi) is 6.66. The van der Waals surface area contributed by atoms with Gasteiger partial charge in [-0.3, -0.25) is 0 Å². The van der Waals surface area contributed by atoms with Crippen LogP contribution >= 0.6 is 46.4 Å². The molecule has 0 radical (unpaired) electrons. The molecule has 2 rings (SSSR count). The average Bonchev–Trinajstić information content (AvgIpc) is 2.47. The van der Waals surface area contributed by atoms with Crippen LogP contribution in [0.2, 0.25) is 20.1 Å². The highest BCUT2D eigenvalue weighted by Crippen LogP contribution is 2.35. The highest BCUT2D eigenvalue weighted by atomic mass is 35.5. The van der Waals surface area contributed by atoms with E-state index in [0.29, 0.717) is 37.2 Å². The van der Waals surface area contributed by atoms with Gasteiger partial charge in [0, 0.05) is 15.6 Å². The molecule has 4 nitrogen and oxygen atoms in total. The lowest BCUT2D eigenvalue weighted by Crippen LogP contribution is -2.10. The number of rotatable bonds is 6. The molecule has 0 aliphatic carbocycles. The van der Waals surface area contributed by atoms with Gasteiger partial charge in [-0.2, -0.15) is 0 Å². The molecule has 8 heteroatoms. The van der Waals surface area contributed by atoms with E-state index in [0.717, 1.165) is 0 Å². The summed E-state index contributed by atoms with van der Waals surface area (Å²) in [6.07, 6.45) is 1.23. The largest absolute Gasteiger partial charge is 0.489 e. The third-order valence-corrected chi connectivity index (χ3v) is 3.73. The number of benzene rings is 2. The normalized spacial score (nSPS) is 11.0. The van der Waals surface area contributed by atoms with E-state index < -0.39 is 0 Å². The molecule has 0 fully saturated rings.